The van der Waals surface area contributed by atoms with Crippen LogP contribution in [0.2, 0.25) is 5.02 Å². The summed E-state index contributed by atoms with van der Waals surface area (Å²) in [5, 5.41) is 12.2. The number of halogens is 3. The second kappa shape index (κ2) is 7.03. The van der Waals surface area contributed by atoms with Crippen LogP contribution in [0.4, 0.5) is 20.5 Å². The number of fused-ring (bicyclic) bond motifs is 1. The van der Waals surface area contributed by atoms with Crippen LogP contribution in [0.15, 0.2) is 24.3 Å². The van der Waals surface area contributed by atoms with Gasteiger partial charge in [-0.05, 0) is 11.6 Å². The monoisotopic (exact) mass is 421 g/mol. The zero-order chi connectivity index (χ0) is 20.0. The van der Waals surface area contributed by atoms with Gasteiger partial charge in [0.1, 0.15) is 0 Å². The first kappa shape index (κ1) is 18.4. The summed E-state index contributed by atoms with van der Waals surface area (Å²) in [4.78, 5) is 10.6. The lowest BCUT2D eigenvalue weighted by atomic mass is 10.2. The van der Waals surface area contributed by atoms with Crippen molar-refractivity contribution in [1.82, 2.24) is 25.0 Å². The van der Waals surface area contributed by atoms with Gasteiger partial charge < -0.3 is 15.0 Å². The summed E-state index contributed by atoms with van der Waals surface area (Å²) in [6.45, 7) is 1.25. The van der Waals surface area contributed by atoms with Gasteiger partial charge in [-0.3, -0.25) is 0 Å². The summed E-state index contributed by atoms with van der Waals surface area (Å²) in [6.07, 6.45) is -0.217. The molecular formula is C18H18ClF2N7O. The molecule has 8 nitrogen and oxygen atoms in total. The van der Waals surface area contributed by atoms with Gasteiger partial charge >= 0.3 is 0 Å². The van der Waals surface area contributed by atoms with E-state index in [0.29, 0.717) is 47.7 Å². The summed E-state index contributed by atoms with van der Waals surface area (Å²) in [5.74, 6) is -2.04. The number of nitrogens with one attached hydrogen (secondary N) is 1. The van der Waals surface area contributed by atoms with E-state index in [1.807, 2.05) is 18.2 Å². The molecule has 3 aromatic rings. The van der Waals surface area contributed by atoms with Gasteiger partial charge in [-0.15, -0.1) is 5.10 Å². The third-order valence-corrected chi connectivity index (χ3v) is 5.43. The fourth-order valence-electron chi connectivity index (χ4n) is 3.44. The molecule has 2 saturated heterocycles. The van der Waals surface area contributed by atoms with Crippen LogP contribution in [0.5, 0.6) is 0 Å². The van der Waals surface area contributed by atoms with Crippen molar-refractivity contribution in [2.75, 3.05) is 36.5 Å². The third kappa shape index (κ3) is 3.58. The molecule has 11 heteroatoms. The standard InChI is InChI=1S/C18H18ClF2N7O/c19-13-4-2-1-3-11(13)7-28-16-14(25-26-28)15(27-6-5-18(20,21)10-27)23-17(24-16)22-12-8-29-9-12/h1-4,12H,5-10H2,(H,22,23,24). The molecule has 0 bridgehead atoms. The Labute approximate surface area is 169 Å². The Morgan fingerprint density at radius 3 is 2.76 bits per heavy atom. The summed E-state index contributed by atoms with van der Waals surface area (Å²) in [7, 11) is 0. The van der Waals surface area contributed by atoms with E-state index in [-0.39, 0.29) is 19.0 Å². The molecule has 5 rings (SSSR count). The molecule has 0 aliphatic carbocycles. The Morgan fingerprint density at radius 2 is 2.07 bits per heavy atom. The molecule has 2 aliphatic heterocycles. The zero-order valence-corrected chi connectivity index (χ0v) is 16.1. The summed E-state index contributed by atoms with van der Waals surface area (Å²) >= 11 is 6.27. The number of alkyl halides is 2. The zero-order valence-electron chi connectivity index (χ0n) is 15.4. The number of anilines is 2. The van der Waals surface area contributed by atoms with Crippen LogP contribution < -0.4 is 10.2 Å². The van der Waals surface area contributed by atoms with E-state index in [2.05, 4.69) is 25.6 Å². The molecule has 4 heterocycles. The van der Waals surface area contributed by atoms with Crippen molar-refractivity contribution in [3.05, 3.63) is 34.9 Å². The SMILES string of the molecule is FC1(F)CCN(c2nc(NC3COC3)nc3c2nnn3Cc2ccccc2Cl)C1. The van der Waals surface area contributed by atoms with Crippen molar-refractivity contribution in [2.24, 2.45) is 0 Å². The summed E-state index contributed by atoms with van der Waals surface area (Å²) < 4.78 is 34.4. The lowest BCUT2D eigenvalue weighted by Crippen LogP contribution is -2.40. The summed E-state index contributed by atoms with van der Waals surface area (Å²) in [6, 6.07) is 7.52. The number of hydrogen-bond donors (Lipinski definition) is 1. The number of rotatable bonds is 5. The molecule has 0 saturated carbocycles. The average molecular weight is 422 g/mol. The highest BCUT2D eigenvalue weighted by Crippen LogP contribution is 2.33. The molecule has 1 N–H and O–H groups in total. The largest absolute Gasteiger partial charge is 0.377 e. The maximum atomic E-state index is 13.8. The Kier molecular flexibility index (Phi) is 4.47. The number of nitrogens with zero attached hydrogens (tertiary/aromatic N) is 6. The Morgan fingerprint density at radius 1 is 1.24 bits per heavy atom. The van der Waals surface area contributed by atoms with Gasteiger partial charge in [0.2, 0.25) is 5.95 Å². The van der Waals surface area contributed by atoms with E-state index >= 15 is 0 Å². The second-order valence-corrected chi connectivity index (χ2v) is 7.69. The summed E-state index contributed by atoms with van der Waals surface area (Å²) in [5.41, 5.74) is 1.72. The van der Waals surface area contributed by atoms with Crippen molar-refractivity contribution in [1.29, 1.82) is 0 Å². The minimum Gasteiger partial charge on any atom is -0.377 e. The first-order chi connectivity index (χ1) is 14.0. The van der Waals surface area contributed by atoms with E-state index in [1.165, 1.54) is 0 Å². The van der Waals surface area contributed by atoms with Crippen LogP contribution in [-0.4, -0.2) is 63.2 Å². The van der Waals surface area contributed by atoms with E-state index in [4.69, 9.17) is 16.3 Å². The van der Waals surface area contributed by atoms with Gasteiger partial charge in [-0.1, -0.05) is 35.0 Å². The van der Waals surface area contributed by atoms with Crippen molar-refractivity contribution in [2.45, 2.75) is 24.9 Å². The predicted octanol–water partition coefficient (Wildman–Crippen LogP) is 2.58. The van der Waals surface area contributed by atoms with Crippen molar-refractivity contribution < 1.29 is 13.5 Å². The Balaban J connectivity index is 1.56. The first-order valence-corrected chi connectivity index (χ1v) is 9.68. The average Bonchev–Trinajstić information content (AvgIpc) is 3.23. The molecular weight excluding hydrogens is 404 g/mol. The molecule has 2 aliphatic rings. The van der Waals surface area contributed by atoms with Crippen LogP contribution in [0.1, 0.15) is 12.0 Å². The molecule has 0 unspecified atom stereocenters. The lowest BCUT2D eigenvalue weighted by Gasteiger charge is -2.27. The number of hydrogen-bond acceptors (Lipinski definition) is 7. The molecule has 0 spiro atoms. The first-order valence-electron chi connectivity index (χ1n) is 9.30. The van der Waals surface area contributed by atoms with Crippen LogP contribution in [0, 0.1) is 0 Å². The minimum atomic E-state index is -2.75. The lowest BCUT2D eigenvalue weighted by molar-refractivity contribution is 0.0208. The maximum absolute atomic E-state index is 13.8. The van der Waals surface area contributed by atoms with Gasteiger partial charge in [-0.25, -0.2) is 13.5 Å². The number of aromatic nitrogens is 5. The van der Waals surface area contributed by atoms with Gasteiger partial charge in [0.25, 0.3) is 5.92 Å². The molecule has 0 amide bonds. The van der Waals surface area contributed by atoms with E-state index in [9.17, 15) is 8.78 Å². The van der Waals surface area contributed by atoms with Crippen molar-refractivity contribution in [3.63, 3.8) is 0 Å². The molecule has 29 heavy (non-hydrogen) atoms. The quantitative estimate of drug-likeness (QED) is 0.678. The molecule has 0 atom stereocenters. The van der Waals surface area contributed by atoms with Crippen molar-refractivity contribution in [3.8, 4) is 0 Å². The fourth-order valence-corrected chi connectivity index (χ4v) is 3.64. The molecule has 152 valence electrons. The molecule has 2 aromatic heterocycles. The highest BCUT2D eigenvalue weighted by Gasteiger charge is 2.40. The minimum absolute atomic E-state index is 0.0909. The van der Waals surface area contributed by atoms with Gasteiger partial charge in [0.05, 0.1) is 32.3 Å². The highest BCUT2D eigenvalue weighted by atomic mass is 35.5. The van der Waals surface area contributed by atoms with Crippen molar-refractivity contribution >= 4 is 34.5 Å². The number of benzene rings is 1. The Bertz CT molecular complexity index is 1060. The smallest absolute Gasteiger partial charge is 0.266 e. The molecule has 2 fully saturated rings. The van der Waals surface area contributed by atoms with E-state index in [1.54, 1.807) is 15.6 Å². The fraction of sp³-hybridized carbons (Fsp3) is 0.444. The highest BCUT2D eigenvalue weighted by molar-refractivity contribution is 6.31. The normalized spacial score (nSPS) is 18.9. The third-order valence-electron chi connectivity index (χ3n) is 5.06. The number of ether oxygens (including phenoxy) is 1. The topological polar surface area (TPSA) is 81.0 Å². The predicted molar refractivity (Wildman–Crippen MR) is 104 cm³/mol. The van der Waals surface area contributed by atoms with Gasteiger partial charge in [0, 0.05) is 18.0 Å². The van der Waals surface area contributed by atoms with Crippen LogP contribution in [-0.2, 0) is 11.3 Å². The maximum Gasteiger partial charge on any atom is 0.266 e. The van der Waals surface area contributed by atoms with E-state index < -0.39 is 12.5 Å². The van der Waals surface area contributed by atoms with Crippen LogP contribution >= 0.6 is 11.6 Å². The molecule has 0 radical (unpaired) electrons. The van der Waals surface area contributed by atoms with Crippen LogP contribution in [0.25, 0.3) is 11.2 Å². The Hall–Kier alpha value is -2.59. The second-order valence-electron chi connectivity index (χ2n) is 7.29. The van der Waals surface area contributed by atoms with Crippen LogP contribution in [0.3, 0.4) is 0 Å². The van der Waals surface area contributed by atoms with Gasteiger partial charge in [-0.2, -0.15) is 9.97 Å². The van der Waals surface area contributed by atoms with E-state index in [0.717, 1.165) is 5.56 Å². The molecule has 1 aromatic carbocycles. The van der Waals surface area contributed by atoms with Gasteiger partial charge in [0.15, 0.2) is 17.0 Å².